The Balaban J connectivity index is 0. The van der Waals surface area contributed by atoms with Crippen LogP contribution in [0.3, 0.4) is 0 Å². The van der Waals surface area contributed by atoms with Crippen LogP contribution in [0.15, 0.2) is 29.3 Å². The Morgan fingerprint density at radius 2 is 1.83 bits per heavy atom. The molecule has 1 aromatic carbocycles. The van der Waals surface area contributed by atoms with Crippen molar-refractivity contribution in [2.45, 2.75) is 18.9 Å². The molecule has 0 heterocycles. The first-order chi connectivity index (χ1) is 10.3. The second-order valence-electron chi connectivity index (χ2n) is 4.18. The number of carboxylic acids is 2. The predicted molar refractivity (Wildman–Crippen MR) is 75.7 cm³/mol. The van der Waals surface area contributed by atoms with E-state index in [9.17, 15) is 19.8 Å². The zero-order valence-electron chi connectivity index (χ0n) is 12.5. The summed E-state index contributed by atoms with van der Waals surface area (Å²) in [6, 6.07) is 4.60. The van der Waals surface area contributed by atoms with E-state index in [2.05, 4.69) is 4.99 Å². The number of para-hydroxylation sites is 1. The molecule has 0 spiro atoms. The number of hydrogen-bond acceptors (Lipinski definition) is 6. The van der Waals surface area contributed by atoms with Crippen molar-refractivity contribution in [2.24, 2.45) is 22.2 Å². The molecule has 122 valence electrons. The molecule has 0 saturated heterocycles. The molecular formula is C13H18N4O5Zn. The van der Waals surface area contributed by atoms with Crippen LogP contribution in [0.4, 0.5) is 0 Å². The van der Waals surface area contributed by atoms with Crippen LogP contribution < -0.4 is 27.4 Å². The number of benzene rings is 1. The minimum absolute atomic E-state index is 0. The minimum atomic E-state index is -1.25. The topological polar surface area (TPSA) is 191 Å². The fraction of sp³-hybridized carbons (Fsp3) is 0.308. The van der Waals surface area contributed by atoms with E-state index < -0.39 is 23.7 Å². The van der Waals surface area contributed by atoms with Crippen molar-refractivity contribution in [1.29, 1.82) is 0 Å². The molecular weight excluding hydrogens is 358 g/mol. The van der Waals surface area contributed by atoms with Crippen LogP contribution in [0.25, 0.3) is 0 Å². The quantitative estimate of drug-likeness (QED) is 0.182. The second-order valence-corrected chi connectivity index (χ2v) is 4.18. The number of aliphatic carboxylic acids is 1. The van der Waals surface area contributed by atoms with Gasteiger partial charge in [0.25, 0.3) is 0 Å². The zero-order valence-corrected chi connectivity index (χ0v) is 15.4. The smallest absolute Gasteiger partial charge is 0.872 e. The van der Waals surface area contributed by atoms with Gasteiger partial charge in [0.2, 0.25) is 0 Å². The van der Waals surface area contributed by atoms with Crippen LogP contribution in [-0.2, 0) is 24.3 Å². The van der Waals surface area contributed by atoms with Crippen LogP contribution in [0, 0.1) is 0 Å². The maximum Gasteiger partial charge on any atom is 2.00 e. The summed E-state index contributed by atoms with van der Waals surface area (Å²) in [7, 11) is 0. The maximum atomic E-state index is 10.7. The second kappa shape index (κ2) is 12.4. The van der Waals surface area contributed by atoms with Gasteiger partial charge in [0.1, 0.15) is 0 Å². The minimum Gasteiger partial charge on any atom is -0.872 e. The van der Waals surface area contributed by atoms with Crippen molar-refractivity contribution < 1.29 is 44.4 Å². The molecule has 23 heavy (non-hydrogen) atoms. The van der Waals surface area contributed by atoms with Gasteiger partial charge in [-0.2, -0.15) is 0 Å². The number of carboxylic acid groups (broad SMARTS) is 2. The van der Waals surface area contributed by atoms with Crippen molar-refractivity contribution >= 4 is 17.9 Å². The summed E-state index contributed by atoms with van der Waals surface area (Å²) >= 11 is 0. The Hall–Kier alpha value is -2.19. The third kappa shape index (κ3) is 11.1. The van der Waals surface area contributed by atoms with Gasteiger partial charge in [-0.05, 0) is 18.9 Å². The molecule has 1 atom stereocenters. The van der Waals surface area contributed by atoms with E-state index in [0.29, 0.717) is 19.4 Å². The van der Waals surface area contributed by atoms with E-state index in [-0.39, 0.29) is 31.0 Å². The van der Waals surface area contributed by atoms with E-state index in [1.807, 2.05) is 0 Å². The third-order valence-electron chi connectivity index (χ3n) is 2.39. The number of hydrogen-bond donors (Lipinski definition) is 4. The molecule has 10 heteroatoms. The molecule has 0 saturated carbocycles. The molecule has 9 nitrogen and oxygen atoms in total. The molecule has 0 aromatic heterocycles. The number of carbonyl (C=O) groups excluding carboxylic acids is 1. The van der Waals surface area contributed by atoms with Crippen molar-refractivity contribution in [3.05, 3.63) is 29.8 Å². The van der Waals surface area contributed by atoms with Gasteiger partial charge in [-0.15, -0.1) is 0 Å². The van der Waals surface area contributed by atoms with Crippen molar-refractivity contribution in [1.82, 2.24) is 0 Å². The number of carbonyl (C=O) groups is 2. The molecule has 0 fully saturated rings. The average Bonchev–Trinajstić information content (AvgIpc) is 2.44. The van der Waals surface area contributed by atoms with Gasteiger partial charge in [0.15, 0.2) is 5.96 Å². The number of nitrogens with zero attached hydrogens (tertiary/aromatic N) is 1. The van der Waals surface area contributed by atoms with Crippen LogP contribution in [0.1, 0.15) is 23.2 Å². The number of rotatable bonds is 6. The molecule has 0 aliphatic heterocycles. The summed E-state index contributed by atoms with van der Waals surface area (Å²) in [6.07, 6.45) is 0.853. The first kappa shape index (κ1) is 23.1. The first-order valence-electron chi connectivity index (χ1n) is 6.26. The normalized spacial score (nSPS) is 10.3. The maximum absolute atomic E-state index is 10.7. The Labute approximate surface area is 145 Å². The predicted octanol–water partition coefficient (Wildman–Crippen LogP) is -2.43. The molecule has 0 aliphatic carbocycles. The Morgan fingerprint density at radius 1 is 1.26 bits per heavy atom. The van der Waals surface area contributed by atoms with Gasteiger partial charge in [0.05, 0.1) is 11.5 Å². The number of aliphatic imine (C=N–C) groups is 1. The molecule has 1 rings (SSSR count). The summed E-state index contributed by atoms with van der Waals surface area (Å²) in [4.78, 5) is 24.0. The summed E-state index contributed by atoms with van der Waals surface area (Å²) in [5.41, 5.74) is 15.1. The molecule has 7 N–H and O–H groups in total. The monoisotopic (exact) mass is 374 g/mol. The molecule has 0 radical (unpaired) electrons. The number of guanidine groups is 1. The van der Waals surface area contributed by atoms with E-state index in [4.69, 9.17) is 22.3 Å². The standard InChI is InChI=1S/C7H6O3.C6H14N4O2.Zn/c8-6-4-2-1-3-5(6)7(9)10;7-4(5(11)12)2-1-3-10-6(8)9;/h1-4,8H,(H,9,10);4H,1-3,7H2,(H,11,12)(H4,8,9,10);/q;;+2/p-2/t;4-;/m.0./s1. The fourth-order valence-electron chi connectivity index (χ4n) is 1.28. The summed E-state index contributed by atoms with van der Waals surface area (Å²) < 4.78 is 0. The van der Waals surface area contributed by atoms with Gasteiger partial charge in [-0.1, -0.05) is 23.9 Å². The fourth-order valence-corrected chi connectivity index (χ4v) is 1.28. The van der Waals surface area contributed by atoms with Crippen LogP contribution in [-0.4, -0.2) is 35.6 Å². The average molecular weight is 376 g/mol. The molecule has 0 aliphatic rings. The van der Waals surface area contributed by atoms with Crippen molar-refractivity contribution in [3.8, 4) is 5.75 Å². The number of nitrogens with two attached hydrogens (primary N) is 3. The largest absolute Gasteiger partial charge is 2.00 e. The molecule has 0 unspecified atom stereocenters. The van der Waals surface area contributed by atoms with Crippen molar-refractivity contribution in [3.63, 3.8) is 0 Å². The summed E-state index contributed by atoms with van der Waals surface area (Å²) in [5, 5.41) is 29.2. The Bertz CT molecular complexity index is 535. The summed E-state index contributed by atoms with van der Waals surface area (Å²) in [5.74, 6) is -2.88. The summed E-state index contributed by atoms with van der Waals surface area (Å²) in [6.45, 7) is 0.392. The van der Waals surface area contributed by atoms with Gasteiger partial charge in [-0.3, -0.25) is 4.99 Å². The van der Waals surface area contributed by atoms with Crippen LogP contribution in [0.2, 0.25) is 0 Å². The van der Waals surface area contributed by atoms with E-state index in [1.54, 1.807) is 0 Å². The van der Waals surface area contributed by atoms with Gasteiger partial charge >= 0.3 is 25.4 Å². The molecule has 1 aromatic rings. The number of aromatic carboxylic acids is 1. The molecule has 0 bridgehead atoms. The van der Waals surface area contributed by atoms with Gasteiger partial charge < -0.3 is 37.3 Å². The zero-order chi connectivity index (χ0) is 17.1. The van der Waals surface area contributed by atoms with Gasteiger partial charge in [0, 0.05) is 12.6 Å². The van der Waals surface area contributed by atoms with E-state index >= 15 is 0 Å². The third-order valence-corrected chi connectivity index (χ3v) is 2.39. The Morgan fingerprint density at radius 3 is 2.22 bits per heavy atom. The first-order valence-corrected chi connectivity index (χ1v) is 6.26. The van der Waals surface area contributed by atoms with Gasteiger partial charge in [-0.25, -0.2) is 4.79 Å². The SMILES string of the molecule is NC(N)=NCCC[C@H](N)C(=O)[O-].O=C(O)c1ccccc1[O-].[Zn+2]. The van der Waals surface area contributed by atoms with Crippen molar-refractivity contribution in [2.75, 3.05) is 6.54 Å². The van der Waals surface area contributed by atoms with Crippen LogP contribution >= 0.6 is 0 Å². The molecule has 0 amide bonds. The van der Waals surface area contributed by atoms with Crippen LogP contribution in [0.5, 0.6) is 5.75 Å². The van der Waals surface area contributed by atoms with E-state index in [0.717, 1.165) is 0 Å². The Kier molecular flexibility index (Phi) is 12.4. The van der Waals surface area contributed by atoms with E-state index in [1.165, 1.54) is 24.3 Å².